The van der Waals surface area contributed by atoms with Gasteiger partial charge in [0.25, 0.3) is 0 Å². The smallest absolute Gasteiger partial charge is 0.157 e. The standard InChI is InChI=1S/C29H27FN8O/c1-29(2,3)13-23(39)34-19-10-18(14-32-15-19)17-11-20-25(21(30)12-17)37-38-26(20)28-35-22-6-9-33-24(27(22)36-28)16-4-7-31-8-5-16/h4-12,14-15,23,34,39H,13H2,1-3H3,(H,35,36)(H,37,38). The van der Waals surface area contributed by atoms with Crippen molar-refractivity contribution in [1.29, 1.82) is 0 Å². The minimum absolute atomic E-state index is 0.0465. The molecule has 9 nitrogen and oxygen atoms in total. The summed E-state index contributed by atoms with van der Waals surface area (Å²) >= 11 is 0. The van der Waals surface area contributed by atoms with Gasteiger partial charge in [-0.2, -0.15) is 5.10 Å². The summed E-state index contributed by atoms with van der Waals surface area (Å²) in [5.74, 6) is 0.0533. The number of anilines is 1. The molecule has 0 saturated carbocycles. The largest absolute Gasteiger partial charge is 0.374 e. The second-order valence-electron chi connectivity index (χ2n) is 10.7. The maximum absolute atomic E-state index is 15.2. The highest BCUT2D eigenvalue weighted by molar-refractivity contribution is 5.97. The van der Waals surface area contributed by atoms with Gasteiger partial charge < -0.3 is 15.4 Å². The number of H-pyrrole nitrogens is 2. The molecule has 0 radical (unpaired) electrons. The van der Waals surface area contributed by atoms with Crippen LogP contribution < -0.4 is 5.32 Å². The van der Waals surface area contributed by atoms with Crippen LogP contribution in [0.25, 0.3) is 55.8 Å². The molecule has 1 aromatic carbocycles. The molecular formula is C29H27FN8O. The molecule has 6 aromatic rings. The van der Waals surface area contributed by atoms with E-state index in [0.29, 0.717) is 45.7 Å². The van der Waals surface area contributed by atoms with Crippen LogP contribution in [0.3, 0.4) is 0 Å². The molecular weight excluding hydrogens is 495 g/mol. The van der Waals surface area contributed by atoms with E-state index in [-0.39, 0.29) is 10.9 Å². The van der Waals surface area contributed by atoms with E-state index < -0.39 is 12.0 Å². The van der Waals surface area contributed by atoms with Crippen molar-refractivity contribution in [2.24, 2.45) is 5.41 Å². The Morgan fingerprint density at radius 1 is 0.949 bits per heavy atom. The summed E-state index contributed by atoms with van der Waals surface area (Å²) in [5, 5.41) is 21.3. The number of hydrogen-bond donors (Lipinski definition) is 4. The van der Waals surface area contributed by atoms with E-state index in [2.05, 4.69) is 56.2 Å². The lowest BCUT2D eigenvalue weighted by Crippen LogP contribution is -2.25. The molecule has 0 aliphatic heterocycles. The molecule has 0 bridgehead atoms. The minimum atomic E-state index is -0.735. The molecule has 0 aliphatic carbocycles. The highest BCUT2D eigenvalue weighted by atomic mass is 19.1. The Morgan fingerprint density at radius 2 is 1.77 bits per heavy atom. The molecule has 0 spiro atoms. The minimum Gasteiger partial charge on any atom is -0.374 e. The number of benzene rings is 1. The fourth-order valence-corrected chi connectivity index (χ4v) is 4.70. The van der Waals surface area contributed by atoms with Gasteiger partial charge in [0.2, 0.25) is 0 Å². The topological polar surface area (TPSA) is 128 Å². The highest BCUT2D eigenvalue weighted by Crippen LogP contribution is 2.34. The van der Waals surface area contributed by atoms with Gasteiger partial charge >= 0.3 is 0 Å². The Labute approximate surface area is 223 Å². The molecule has 0 amide bonds. The van der Waals surface area contributed by atoms with Gasteiger partial charge in [0.1, 0.15) is 23.0 Å². The number of imidazole rings is 1. The zero-order valence-corrected chi connectivity index (χ0v) is 21.7. The van der Waals surface area contributed by atoms with Crippen LogP contribution in [0.5, 0.6) is 0 Å². The first-order valence-corrected chi connectivity index (χ1v) is 12.6. The van der Waals surface area contributed by atoms with Crippen molar-refractivity contribution in [3.8, 4) is 33.9 Å². The molecule has 0 saturated heterocycles. The third kappa shape index (κ3) is 4.94. The van der Waals surface area contributed by atoms with Crippen LogP contribution in [-0.4, -0.2) is 46.5 Å². The molecule has 5 heterocycles. The molecule has 1 atom stereocenters. The third-order valence-electron chi connectivity index (χ3n) is 6.41. The molecule has 4 N–H and O–H groups in total. The van der Waals surface area contributed by atoms with Crippen LogP contribution in [0.15, 0.2) is 67.4 Å². The summed E-state index contributed by atoms with van der Waals surface area (Å²) in [6.07, 6.45) is 8.26. The number of aromatic amines is 2. The van der Waals surface area contributed by atoms with Gasteiger partial charge in [0.05, 0.1) is 23.1 Å². The first kappa shape index (κ1) is 24.6. The monoisotopic (exact) mass is 522 g/mol. The Kier molecular flexibility index (Phi) is 6.03. The Balaban J connectivity index is 1.39. The van der Waals surface area contributed by atoms with Gasteiger partial charge in [-0.3, -0.25) is 20.1 Å². The van der Waals surface area contributed by atoms with E-state index in [0.717, 1.165) is 16.8 Å². The first-order valence-electron chi connectivity index (χ1n) is 12.6. The summed E-state index contributed by atoms with van der Waals surface area (Å²) < 4.78 is 15.2. The average Bonchev–Trinajstić information content (AvgIpc) is 3.52. The third-order valence-corrected chi connectivity index (χ3v) is 6.41. The van der Waals surface area contributed by atoms with Crippen LogP contribution in [0.1, 0.15) is 27.2 Å². The zero-order valence-electron chi connectivity index (χ0n) is 21.7. The maximum atomic E-state index is 15.2. The Morgan fingerprint density at radius 3 is 2.56 bits per heavy atom. The number of aliphatic hydroxyl groups is 1. The van der Waals surface area contributed by atoms with Crippen LogP contribution in [0, 0.1) is 11.2 Å². The Hall–Kier alpha value is -4.70. The number of aromatic nitrogens is 7. The average molecular weight is 523 g/mol. The summed E-state index contributed by atoms with van der Waals surface area (Å²) in [6.45, 7) is 6.18. The van der Waals surface area contributed by atoms with Crippen LogP contribution >= 0.6 is 0 Å². The number of hydrogen-bond acceptors (Lipinski definition) is 7. The van der Waals surface area contributed by atoms with Gasteiger partial charge in [-0.1, -0.05) is 20.8 Å². The van der Waals surface area contributed by atoms with Crippen molar-refractivity contribution < 1.29 is 9.50 Å². The van der Waals surface area contributed by atoms with E-state index in [1.54, 1.807) is 31.0 Å². The molecule has 10 heteroatoms. The summed E-state index contributed by atoms with van der Waals surface area (Å²) in [7, 11) is 0. The van der Waals surface area contributed by atoms with Crippen molar-refractivity contribution in [3.63, 3.8) is 0 Å². The summed E-state index contributed by atoms with van der Waals surface area (Å²) in [5.41, 5.74) is 5.79. The van der Waals surface area contributed by atoms with Crippen LogP contribution in [-0.2, 0) is 0 Å². The van der Waals surface area contributed by atoms with Gasteiger partial charge in [0, 0.05) is 41.3 Å². The van der Waals surface area contributed by atoms with E-state index in [1.165, 1.54) is 6.07 Å². The van der Waals surface area contributed by atoms with Crippen molar-refractivity contribution >= 4 is 27.6 Å². The second kappa shape index (κ2) is 9.55. The molecule has 39 heavy (non-hydrogen) atoms. The van der Waals surface area contributed by atoms with Gasteiger partial charge in [-0.25, -0.2) is 9.37 Å². The summed E-state index contributed by atoms with van der Waals surface area (Å²) in [6, 6.07) is 10.7. The fourth-order valence-electron chi connectivity index (χ4n) is 4.70. The van der Waals surface area contributed by atoms with E-state index >= 15 is 4.39 Å². The van der Waals surface area contributed by atoms with Gasteiger partial charge in [0.15, 0.2) is 11.6 Å². The quantitative estimate of drug-likeness (QED) is 0.200. The fraction of sp³-hybridized carbons (Fsp3) is 0.207. The van der Waals surface area contributed by atoms with Crippen LogP contribution in [0.4, 0.5) is 10.1 Å². The SMILES string of the molecule is CC(C)(C)CC(O)Nc1cncc(-c2cc(F)c3n[nH]c(-c4nc5c(-c6ccncc6)nccc5[nH]4)c3c2)c1. The number of fused-ring (bicyclic) bond motifs is 2. The molecule has 6 rings (SSSR count). The summed E-state index contributed by atoms with van der Waals surface area (Å²) in [4.78, 5) is 21.0. The number of pyridine rings is 3. The highest BCUT2D eigenvalue weighted by Gasteiger charge is 2.19. The maximum Gasteiger partial charge on any atom is 0.157 e. The normalized spacial score (nSPS) is 12.7. The number of halogens is 1. The molecule has 196 valence electrons. The predicted octanol–water partition coefficient (Wildman–Crippen LogP) is 5.93. The first-order chi connectivity index (χ1) is 18.7. The van der Waals surface area contributed by atoms with Crippen molar-refractivity contribution in [2.45, 2.75) is 33.4 Å². The molecule has 1 unspecified atom stereocenters. The lowest BCUT2D eigenvalue weighted by molar-refractivity contribution is 0.145. The van der Waals surface area contributed by atoms with Gasteiger partial charge in [-0.15, -0.1) is 0 Å². The van der Waals surface area contributed by atoms with Crippen molar-refractivity contribution in [3.05, 3.63) is 73.2 Å². The van der Waals surface area contributed by atoms with E-state index in [4.69, 9.17) is 4.98 Å². The van der Waals surface area contributed by atoms with Crippen molar-refractivity contribution in [1.82, 2.24) is 35.1 Å². The molecule has 5 aromatic heterocycles. The Bertz CT molecular complexity index is 1790. The number of nitrogens with zero attached hydrogens (tertiary/aromatic N) is 5. The number of rotatable bonds is 6. The second-order valence-corrected chi connectivity index (χ2v) is 10.7. The predicted molar refractivity (Wildman–Crippen MR) is 149 cm³/mol. The molecule has 0 fully saturated rings. The van der Waals surface area contributed by atoms with Crippen LogP contribution in [0.2, 0.25) is 0 Å². The van der Waals surface area contributed by atoms with Crippen molar-refractivity contribution in [2.75, 3.05) is 5.32 Å². The van der Waals surface area contributed by atoms with E-state index in [1.807, 2.05) is 30.3 Å². The molecule has 0 aliphatic rings. The number of nitrogens with one attached hydrogen (secondary N) is 3. The van der Waals surface area contributed by atoms with E-state index in [9.17, 15) is 5.11 Å². The lowest BCUT2D eigenvalue weighted by Gasteiger charge is -2.23. The zero-order chi connectivity index (χ0) is 27.1. The van der Waals surface area contributed by atoms with Gasteiger partial charge in [-0.05, 0) is 53.8 Å². The number of aliphatic hydroxyl groups excluding tert-OH is 1. The lowest BCUT2D eigenvalue weighted by atomic mass is 9.91.